The summed E-state index contributed by atoms with van der Waals surface area (Å²) >= 11 is 0. The molecule has 1 aliphatic rings. The van der Waals surface area contributed by atoms with Crippen molar-refractivity contribution in [1.29, 1.82) is 0 Å². The molecule has 2 nitrogen and oxygen atoms in total. The number of hydrogen-bond acceptors (Lipinski definition) is 2. The van der Waals surface area contributed by atoms with Crippen LogP contribution in [-0.4, -0.2) is 11.3 Å². The van der Waals surface area contributed by atoms with Gasteiger partial charge < -0.3 is 5.73 Å². The van der Waals surface area contributed by atoms with Gasteiger partial charge >= 0.3 is 0 Å². The summed E-state index contributed by atoms with van der Waals surface area (Å²) in [4.78, 5) is 12.0. The third-order valence-electron chi connectivity index (χ3n) is 2.98. The van der Waals surface area contributed by atoms with E-state index >= 15 is 0 Å². The lowest BCUT2D eigenvalue weighted by molar-refractivity contribution is 0.0800. The third kappa shape index (κ3) is 1.46. The number of carbonyl (C=O) groups excluding carboxylic acids is 1. The molecular weight excluding hydrogens is 174 g/mol. The summed E-state index contributed by atoms with van der Waals surface area (Å²) in [6.45, 7) is 1.99. The van der Waals surface area contributed by atoms with Crippen LogP contribution in [-0.2, 0) is 0 Å². The van der Waals surface area contributed by atoms with Crippen molar-refractivity contribution < 1.29 is 4.79 Å². The van der Waals surface area contributed by atoms with Crippen LogP contribution in [0.3, 0.4) is 0 Å². The predicted octanol–water partition coefficient (Wildman–Crippen LogP) is 2.06. The van der Waals surface area contributed by atoms with Gasteiger partial charge in [0.2, 0.25) is 0 Å². The summed E-state index contributed by atoms with van der Waals surface area (Å²) in [5.41, 5.74) is 7.28. The van der Waals surface area contributed by atoms with E-state index < -0.39 is 5.54 Å². The molecule has 0 unspecified atom stereocenters. The lowest BCUT2D eigenvalue weighted by atomic mass is 9.73. The molecular formula is C12H15NO. The Morgan fingerprint density at radius 3 is 2.64 bits per heavy atom. The smallest absolute Gasteiger partial charge is 0.182 e. The van der Waals surface area contributed by atoms with Gasteiger partial charge in [-0.25, -0.2) is 0 Å². The van der Waals surface area contributed by atoms with Crippen molar-refractivity contribution in [3.05, 3.63) is 35.4 Å². The fourth-order valence-electron chi connectivity index (χ4n) is 1.86. The topological polar surface area (TPSA) is 43.1 Å². The molecule has 0 heterocycles. The van der Waals surface area contributed by atoms with Gasteiger partial charge in [-0.15, -0.1) is 0 Å². The van der Waals surface area contributed by atoms with Crippen molar-refractivity contribution in [2.75, 3.05) is 0 Å². The van der Waals surface area contributed by atoms with E-state index in [9.17, 15) is 4.79 Å². The zero-order valence-corrected chi connectivity index (χ0v) is 8.42. The van der Waals surface area contributed by atoms with Crippen LogP contribution in [0.5, 0.6) is 0 Å². The minimum atomic E-state index is -0.562. The zero-order chi connectivity index (χ0) is 10.2. The van der Waals surface area contributed by atoms with Crippen LogP contribution in [0.15, 0.2) is 24.3 Å². The lowest BCUT2D eigenvalue weighted by Crippen LogP contribution is -2.53. The molecule has 1 aliphatic carbocycles. The van der Waals surface area contributed by atoms with Gasteiger partial charge in [-0.2, -0.15) is 0 Å². The summed E-state index contributed by atoms with van der Waals surface area (Å²) in [6, 6.07) is 7.66. The molecule has 14 heavy (non-hydrogen) atoms. The highest BCUT2D eigenvalue weighted by atomic mass is 16.1. The van der Waals surface area contributed by atoms with Crippen LogP contribution in [0.25, 0.3) is 0 Å². The Balaban J connectivity index is 2.27. The summed E-state index contributed by atoms with van der Waals surface area (Å²) < 4.78 is 0. The number of rotatable bonds is 2. The van der Waals surface area contributed by atoms with Crippen LogP contribution >= 0.6 is 0 Å². The number of benzene rings is 1. The van der Waals surface area contributed by atoms with Crippen molar-refractivity contribution in [3.8, 4) is 0 Å². The van der Waals surface area contributed by atoms with Crippen LogP contribution in [0.1, 0.15) is 35.2 Å². The molecule has 0 aromatic heterocycles. The monoisotopic (exact) mass is 189 g/mol. The maximum Gasteiger partial charge on any atom is 0.182 e. The highest BCUT2D eigenvalue weighted by molar-refractivity contribution is 6.03. The fourth-order valence-corrected chi connectivity index (χ4v) is 1.86. The second-order valence-electron chi connectivity index (χ2n) is 4.21. The van der Waals surface area contributed by atoms with Gasteiger partial charge in [-0.3, -0.25) is 4.79 Å². The van der Waals surface area contributed by atoms with Gasteiger partial charge in [0.05, 0.1) is 5.54 Å². The van der Waals surface area contributed by atoms with Crippen molar-refractivity contribution in [2.45, 2.75) is 31.7 Å². The van der Waals surface area contributed by atoms with Gasteiger partial charge in [0.15, 0.2) is 5.78 Å². The standard InChI is InChI=1S/C12H15NO/c1-9-4-2-5-10(8-9)11(14)12(13)6-3-7-12/h2,4-5,8H,3,6-7,13H2,1H3. The second kappa shape index (κ2) is 3.21. The maximum atomic E-state index is 12.0. The largest absolute Gasteiger partial charge is 0.319 e. The average molecular weight is 189 g/mol. The SMILES string of the molecule is Cc1cccc(C(=O)C2(N)CCC2)c1. The van der Waals surface area contributed by atoms with E-state index in [0.717, 1.165) is 30.4 Å². The molecule has 0 atom stereocenters. The number of hydrogen-bond donors (Lipinski definition) is 1. The van der Waals surface area contributed by atoms with E-state index in [1.165, 1.54) is 0 Å². The number of nitrogens with two attached hydrogens (primary N) is 1. The predicted molar refractivity (Wildman–Crippen MR) is 56.3 cm³/mol. The quantitative estimate of drug-likeness (QED) is 0.724. The van der Waals surface area contributed by atoms with Crippen molar-refractivity contribution in [1.82, 2.24) is 0 Å². The molecule has 1 aromatic carbocycles. The molecule has 0 saturated heterocycles. The molecule has 1 fully saturated rings. The molecule has 2 heteroatoms. The molecule has 0 spiro atoms. The first-order valence-corrected chi connectivity index (χ1v) is 5.02. The first kappa shape index (κ1) is 9.41. The molecule has 74 valence electrons. The lowest BCUT2D eigenvalue weighted by Gasteiger charge is -2.36. The first-order chi connectivity index (χ1) is 6.62. The van der Waals surface area contributed by atoms with Crippen LogP contribution in [0, 0.1) is 6.92 Å². The number of carbonyl (C=O) groups is 1. The summed E-state index contributed by atoms with van der Waals surface area (Å²) in [5, 5.41) is 0. The minimum absolute atomic E-state index is 0.104. The van der Waals surface area contributed by atoms with E-state index in [4.69, 9.17) is 5.73 Å². The summed E-state index contributed by atoms with van der Waals surface area (Å²) in [7, 11) is 0. The first-order valence-electron chi connectivity index (χ1n) is 5.02. The molecule has 0 aliphatic heterocycles. The van der Waals surface area contributed by atoms with Gasteiger partial charge in [-0.05, 0) is 32.3 Å². The van der Waals surface area contributed by atoms with Gasteiger partial charge in [0, 0.05) is 5.56 Å². The van der Waals surface area contributed by atoms with Crippen molar-refractivity contribution in [2.24, 2.45) is 5.73 Å². The molecule has 2 N–H and O–H groups in total. The Morgan fingerprint density at radius 1 is 1.43 bits per heavy atom. The van der Waals surface area contributed by atoms with Crippen LogP contribution in [0.4, 0.5) is 0 Å². The Kier molecular flexibility index (Phi) is 2.16. The number of ketones is 1. The Morgan fingerprint density at radius 2 is 2.14 bits per heavy atom. The van der Waals surface area contributed by atoms with Crippen molar-refractivity contribution >= 4 is 5.78 Å². The molecule has 2 rings (SSSR count). The highest BCUT2D eigenvalue weighted by Gasteiger charge is 2.40. The molecule has 1 aromatic rings. The van der Waals surface area contributed by atoms with Crippen LogP contribution in [0.2, 0.25) is 0 Å². The normalized spacial score (nSPS) is 18.7. The van der Waals surface area contributed by atoms with E-state index in [-0.39, 0.29) is 5.78 Å². The van der Waals surface area contributed by atoms with E-state index in [2.05, 4.69) is 0 Å². The Bertz CT molecular complexity index is 366. The van der Waals surface area contributed by atoms with Gasteiger partial charge in [-0.1, -0.05) is 23.8 Å². The van der Waals surface area contributed by atoms with Gasteiger partial charge in [0.1, 0.15) is 0 Å². The average Bonchev–Trinajstić information content (AvgIpc) is 2.13. The minimum Gasteiger partial charge on any atom is -0.319 e. The van der Waals surface area contributed by atoms with Crippen molar-refractivity contribution in [3.63, 3.8) is 0 Å². The molecule has 0 amide bonds. The van der Waals surface area contributed by atoms with E-state index in [0.29, 0.717) is 0 Å². The Hall–Kier alpha value is -1.15. The molecule has 1 saturated carbocycles. The number of aryl methyl sites for hydroxylation is 1. The number of Topliss-reactive ketones (excluding diaryl/α,β-unsaturated/α-hetero) is 1. The van der Waals surface area contributed by atoms with E-state index in [1.54, 1.807) is 0 Å². The molecule has 0 bridgehead atoms. The summed E-state index contributed by atoms with van der Waals surface area (Å²) in [5.74, 6) is 0.104. The molecule has 0 radical (unpaired) electrons. The van der Waals surface area contributed by atoms with Gasteiger partial charge in [0.25, 0.3) is 0 Å². The maximum absolute atomic E-state index is 12.0. The highest BCUT2D eigenvalue weighted by Crippen LogP contribution is 2.32. The zero-order valence-electron chi connectivity index (χ0n) is 8.42. The Labute approximate surface area is 84.1 Å². The fraction of sp³-hybridized carbons (Fsp3) is 0.417. The van der Waals surface area contributed by atoms with E-state index in [1.807, 2.05) is 31.2 Å². The summed E-state index contributed by atoms with van der Waals surface area (Å²) in [6.07, 6.45) is 2.74. The third-order valence-corrected chi connectivity index (χ3v) is 2.98. The second-order valence-corrected chi connectivity index (χ2v) is 4.21. The van der Waals surface area contributed by atoms with Crippen LogP contribution < -0.4 is 5.73 Å².